The van der Waals surface area contributed by atoms with E-state index in [1.165, 1.54) is 5.56 Å². The molecule has 0 fully saturated rings. The second-order valence-electron chi connectivity index (χ2n) is 9.08. The first kappa shape index (κ1) is 25.7. The molecule has 10 heteroatoms. The molecule has 10 nitrogen and oxygen atoms in total. The van der Waals surface area contributed by atoms with Crippen molar-refractivity contribution in [3.8, 4) is 11.5 Å². The van der Waals surface area contributed by atoms with Crippen molar-refractivity contribution >= 4 is 23.7 Å². The minimum Gasteiger partial charge on any atom is -0.493 e. The van der Waals surface area contributed by atoms with Gasteiger partial charge in [-0.05, 0) is 47.4 Å². The standard InChI is InChI=1S/C29H29N7O3/c1-38-25-16-18(14-20-17-32-29(31)34-28(20)30)15-22(27(25)39-2)24(10-13-37)36-12-9-19-6-3-4-7-21(19)26(36)23-8-5-11-33-35-23/h3-8,10-11,13,15-17,26H,9,12,14H2,1-2H3,(H4,30,31,32,34). The first-order chi connectivity index (χ1) is 19.0. The molecule has 198 valence electrons. The predicted molar refractivity (Wildman–Crippen MR) is 148 cm³/mol. The molecule has 39 heavy (non-hydrogen) atoms. The molecule has 4 aromatic rings. The normalized spacial score (nSPS) is 15.0. The number of anilines is 2. The van der Waals surface area contributed by atoms with Gasteiger partial charge in [-0.1, -0.05) is 24.3 Å². The van der Waals surface area contributed by atoms with Crippen LogP contribution in [0.4, 0.5) is 11.8 Å². The summed E-state index contributed by atoms with van der Waals surface area (Å²) in [5.74, 6) is 1.44. The highest BCUT2D eigenvalue weighted by atomic mass is 16.5. The van der Waals surface area contributed by atoms with E-state index in [0.717, 1.165) is 29.5 Å². The van der Waals surface area contributed by atoms with Crippen molar-refractivity contribution in [2.45, 2.75) is 18.9 Å². The highest BCUT2D eigenvalue weighted by molar-refractivity contribution is 5.84. The number of carbonyl (C=O) groups is 1. The van der Waals surface area contributed by atoms with Crippen LogP contribution >= 0.6 is 0 Å². The average molecular weight is 524 g/mol. The molecule has 1 unspecified atom stereocenters. The van der Waals surface area contributed by atoms with Gasteiger partial charge in [0, 0.05) is 42.6 Å². The van der Waals surface area contributed by atoms with Gasteiger partial charge in [0.1, 0.15) is 12.1 Å². The zero-order valence-electron chi connectivity index (χ0n) is 21.7. The predicted octanol–water partition coefficient (Wildman–Crippen LogP) is 3.23. The van der Waals surface area contributed by atoms with Crippen LogP contribution in [-0.4, -0.2) is 52.1 Å². The lowest BCUT2D eigenvalue weighted by Crippen LogP contribution is -2.35. The number of hydrogen-bond donors (Lipinski definition) is 2. The van der Waals surface area contributed by atoms with Crippen LogP contribution < -0.4 is 20.9 Å². The number of carbonyl (C=O) groups excluding carboxylic acids is 1. The van der Waals surface area contributed by atoms with E-state index in [9.17, 15) is 4.79 Å². The minimum atomic E-state index is -0.268. The molecule has 1 aliphatic rings. The number of fused-ring (bicyclic) bond motifs is 1. The van der Waals surface area contributed by atoms with Crippen molar-refractivity contribution in [1.29, 1.82) is 0 Å². The number of benzene rings is 2. The second-order valence-corrected chi connectivity index (χ2v) is 9.08. The van der Waals surface area contributed by atoms with Crippen molar-refractivity contribution in [3.63, 3.8) is 0 Å². The Labute approximate surface area is 226 Å². The molecular formula is C29H29N7O3. The van der Waals surface area contributed by atoms with Gasteiger partial charge >= 0.3 is 0 Å². The van der Waals surface area contributed by atoms with Gasteiger partial charge in [-0.3, -0.25) is 4.79 Å². The van der Waals surface area contributed by atoms with Gasteiger partial charge in [-0.15, -0.1) is 0 Å². The molecule has 0 aliphatic carbocycles. The number of methoxy groups -OCH3 is 2. The summed E-state index contributed by atoms with van der Waals surface area (Å²) in [5, 5.41) is 8.59. The number of ether oxygens (including phenoxy) is 2. The lowest BCUT2D eigenvalue weighted by molar-refractivity contribution is -0.104. The smallest absolute Gasteiger partial charge is 0.221 e. The number of aldehydes is 1. The summed E-state index contributed by atoms with van der Waals surface area (Å²) >= 11 is 0. The van der Waals surface area contributed by atoms with Gasteiger partial charge in [-0.2, -0.15) is 15.2 Å². The Kier molecular flexibility index (Phi) is 7.35. The zero-order valence-corrected chi connectivity index (χ0v) is 21.7. The van der Waals surface area contributed by atoms with Crippen LogP contribution in [0.1, 0.15) is 39.6 Å². The first-order valence-corrected chi connectivity index (χ1v) is 12.4. The summed E-state index contributed by atoms with van der Waals surface area (Å²) in [6.07, 6.45) is 6.81. The molecule has 2 aromatic carbocycles. The van der Waals surface area contributed by atoms with Gasteiger partial charge in [0.2, 0.25) is 5.95 Å². The van der Waals surface area contributed by atoms with Gasteiger partial charge in [0.05, 0.1) is 31.7 Å². The van der Waals surface area contributed by atoms with E-state index in [0.29, 0.717) is 47.1 Å². The van der Waals surface area contributed by atoms with Crippen molar-refractivity contribution < 1.29 is 14.3 Å². The van der Waals surface area contributed by atoms with Crippen molar-refractivity contribution in [2.24, 2.45) is 0 Å². The van der Waals surface area contributed by atoms with Crippen molar-refractivity contribution in [2.75, 3.05) is 32.2 Å². The van der Waals surface area contributed by atoms with Crippen LogP contribution in [0.5, 0.6) is 11.5 Å². The lowest BCUT2D eigenvalue weighted by Gasteiger charge is -2.40. The molecule has 5 rings (SSSR count). The Morgan fingerprint density at radius 3 is 2.69 bits per heavy atom. The lowest BCUT2D eigenvalue weighted by atomic mass is 9.89. The van der Waals surface area contributed by atoms with E-state index in [1.54, 1.807) is 32.7 Å². The third-order valence-electron chi connectivity index (χ3n) is 6.82. The molecule has 0 saturated carbocycles. The minimum absolute atomic E-state index is 0.112. The van der Waals surface area contributed by atoms with Crippen LogP contribution in [0.2, 0.25) is 0 Å². The summed E-state index contributed by atoms with van der Waals surface area (Å²) < 4.78 is 11.6. The molecule has 0 amide bonds. The molecule has 0 saturated heterocycles. The topological polar surface area (TPSA) is 142 Å². The van der Waals surface area contributed by atoms with Crippen LogP contribution in [0.25, 0.3) is 5.70 Å². The molecule has 2 aromatic heterocycles. The maximum absolute atomic E-state index is 12.1. The average Bonchev–Trinajstić information content (AvgIpc) is 2.96. The molecule has 1 atom stereocenters. The monoisotopic (exact) mass is 523 g/mol. The Morgan fingerprint density at radius 1 is 1.13 bits per heavy atom. The zero-order chi connectivity index (χ0) is 27.4. The molecule has 0 bridgehead atoms. The third-order valence-corrected chi connectivity index (χ3v) is 6.82. The molecular weight excluding hydrogens is 494 g/mol. The van der Waals surface area contributed by atoms with Crippen molar-refractivity contribution in [1.82, 2.24) is 25.1 Å². The largest absolute Gasteiger partial charge is 0.493 e. The van der Waals surface area contributed by atoms with Gasteiger partial charge < -0.3 is 25.8 Å². The van der Waals surface area contributed by atoms with Crippen LogP contribution in [0, 0.1) is 0 Å². The fraction of sp³-hybridized carbons (Fsp3) is 0.207. The Hall–Kier alpha value is -4.99. The van der Waals surface area contributed by atoms with E-state index < -0.39 is 0 Å². The summed E-state index contributed by atoms with van der Waals surface area (Å²) in [6, 6.07) is 15.7. The van der Waals surface area contributed by atoms with Crippen LogP contribution in [-0.2, 0) is 17.6 Å². The van der Waals surface area contributed by atoms with E-state index in [4.69, 9.17) is 20.9 Å². The Bertz CT molecular complexity index is 1530. The number of hydrogen-bond acceptors (Lipinski definition) is 10. The SMILES string of the molecule is COc1cc(Cc2cnc(N)nc2N)cc(C(=CC=O)N2CCc3ccccc3C2c2cccnn2)c1OC. The number of allylic oxidation sites excluding steroid dienone is 1. The van der Waals surface area contributed by atoms with Gasteiger partial charge in [0.15, 0.2) is 11.5 Å². The summed E-state index contributed by atoms with van der Waals surface area (Å²) in [7, 11) is 3.16. The molecule has 1 aliphatic heterocycles. The van der Waals surface area contributed by atoms with Crippen molar-refractivity contribution in [3.05, 3.63) is 101 Å². The molecule has 0 spiro atoms. The van der Waals surface area contributed by atoms with Crippen LogP contribution in [0.15, 0.2) is 67.0 Å². The fourth-order valence-electron chi connectivity index (χ4n) is 5.11. The molecule has 0 radical (unpaired) electrons. The van der Waals surface area contributed by atoms with E-state index in [-0.39, 0.29) is 12.0 Å². The van der Waals surface area contributed by atoms with Crippen LogP contribution in [0.3, 0.4) is 0 Å². The highest BCUT2D eigenvalue weighted by Crippen LogP contribution is 2.44. The van der Waals surface area contributed by atoms with Gasteiger partial charge in [0.25, 0.3) is 0 Å². The number of nitrogens with two attached hydrogens (primary N) is 2. The number of aromatic nitrogens is 4. The first-order valence-electron chi connectivity index (χ1n) is 12.4. The fourth-order valence-corrected chi connectivity index (χ4v) is 5.11. The maximum Gasteiger partial charge on any atom is 0.221 e. The number of rotatable bonds is 8. The summed E-state index contributed by atoms with van der Waals surface area (Å²) in [6.45, 7) is 0.645. The second kappa shape index (κ2) is 11.2. The van der Waals surface area contributed by atoms with E-state index in [1.807, 2.05) is 36.4 Å². The molecule has 4 N–H and O–H groups in total. The Balaban J connectivity index is 1.66. The van der Waals surface area contributed by atoms with Gasteiger partial charge in [-0.25, -0.2) is 4.98 Å². The quantitative estimate of drug-likeness (QED) is 0.261. The maximum atomic E-state index is 12.1. The number of nitrogens with zero attached hydrogens (tertiary/aromatic N) is 5. The summed E-state index contributed by atoms with van der Waals surface area (Å²) in [4.78, 5) is 22.4. The summed E-state index contributed by atoms with van der Waals surface area (Å²) in [5.41, 5.74) is 17.9. The van der Waals surface area contributed by atoms with E-state index in [2.05, 4.69) is 37.2 Å². The van der Waals surface area contributed by atoms with E-state index >= 15 is 0 Å². The highest BCUT2D eigenvalue weighted by Gasteiger charge is 2.33. The number of nitrogen functional groups attached to an aromatic ring is 2. The molecule has 3 heterocycles. The third kappa shape index (κ3) is 5.08. The Morgan fingerprint density at radius 2 is 1.97 bits per heavy atom.